The highest BCUT2D eigenvalue weighted by molar-refractivity contribution is 5.18. The van der Waals surface area contributed by atoms with Crippen molar-refractivity contribution < 1.29 is 4.74 Å². The summed E-state index contributed by atoms with van der Waals surface area (Å²) in [4.78, 5) is 4.44. The van der Waals surface area contributed by atoms with Crippen molar-refractivity contribution in [3.05, 3.63) is 23.9 Å². The van der Waals surface area contributed by atoms with Gasteiger partial charge in [-0.2, -0.15) is 0 Å². The monoisotopic (exact) mass is 276 g/mol. The average molecular weight is 276 g/mol. The molecule has 3 nitrogen and oxygen atoms in total. The number of nitrogens with zero attached hydrogens (tertiary/aromatic N) is 1. The minimum Gasteiger partial charge on any atom is -0.474 e. The van der Waals surface area contributed by atoms with Gasteiger partial charge in [0, 0.05) is 24.8 Å². The molecule has 0 spiro atoms. The second kappa shape index (κ2) is 7.63. The summed E-state index contributed by atoms with van der Waals surface area (Å²) in [5.41, 5.74) is 1.21. The average Bonchev–Trinajstić information content (AvgIpc) is 2.47. The molecule has 0 radical (unpaired) electrons. The number of nitrogens with one attached hydrogen (secondary N) is 1. The summed E-state index contributed by atoms with van der Waals surface area (Å²) in [6, 6.07) is 4.62. The second-order valence-corrected chi connectivity index (χ2v) is 6.22. The number of pyridine rings is 1. The Hall–Kier alpha value is -1.09. The molecule has 0 saturated heterocycles. The topological polar surface area (TPSA) is 34.1 Å². The number of rotatable bonds is 6. The van der Waals surface area contributed by atoms with Crippen molar-refractivity contribution in [2.45, 2.75) is 71.6 Å². The quantitative estimate of drug-likeness (QED) is 0.855. The van der Waals surface area contributed by atoms with Crippen LogP contribution in [0.15, 0.2) is 18.3 Å². The molecule has 1 heterocycles. The van der Waals surface area contributed by atoms with E-state index in [0.29, 0.717) is 12.1 Å². The van der Waals surface area contributed by atoms with E-state index in [1.807, 2.05) is 12.3 Å². The van der Waals surface area contributed by atoms with Gasteiger partial charge in [0.2, 0.25) is 5.88 Å². The van der Waals surface area contributed by atoms with Crippen molar-refractivity contribution in [3.63, 3.8) is 0 Å². The molecule has 0 amide bonds. The summed E-state index contributed by atoms with van der Waals surface area (Å²) >= 11 is 0. The van der Waals surface area contributed by atoms with Crippen molar-refractivity contribution in [2.24, 2.45) is 5.92 Å². The summed E-state index contributed by atoms with van der Waals surface area (Å²) in [6.45, 7) is 7.45. The molecule has 0 aliphatic heterocycles. The molecule has 2 unspecified atom stereocenters. The van der Waals surface area contributed by atoms with Gasteiger partial charge >= 0.3 is 0 Å². The Morgan fingerprint density at radius 1 is 1.35 bits per heavy atom. The van der Waals surface area contributed by atoms with Crippen molar-refractivity contribution in [1.29, 1.82) is 0 Å². The molecule has 1 saturated carbocycles. The lowest BCUT2D eigenvalue weighted by Gasteiger charge is -2.28. The largest absolute Gasteiger partial charge is 0.474 e. The first kappa shape index (κ1) is 15.3. The molecular formula is C17H28N2O. The Balaban J connectivity index is 1.83. The van der Waals surface area contributed by atoms with Gasteiger partial charge in [-0.1, -0.05) is 39.7 Å². The van der Waals surface area contributed by atoms with Crippen molar-refractivity contribution in [2.75, 3.05) is 0 Å². The van der Waals surface area contributed by atoms with Crippen LogP contribution in [0.25, 0.3) is 0 Å². The first-order valence-corrected chi connectivity index (χ1v) is 8.02. The fourth-order valence-corrected chi connectivity index (χ4v) is 2.80. The van der Waals surface area contributed by atoms with Crippen LogP contribution in [0.1, 0.15) is 58.4 Å². The van der Waals surface area contributed by atoms with Crippen LogP contribution in [0.3, 0.4) is 0 Å². The van der Waals surface area contributed by atoms with Crippen LogP contribution >= 0.6 is 0 Å². The normalized spacial score (nSPS) is 23.0. The number of hydrogen-bond acceptors (Lipinski definition) is 3. The van der Waals surface area contributed by atoms with Crippen LogP contribution < -0.4 is 10.1 Å². The molecule has 1 fully saturated rings. The fourth-order valence-electron chi connectivity index (χ4n) is 2.80. The van der Waals surface area contributed by atoms with E-state index >= 15 is 0 Å². The summed E-state index contributed by atoms with van der Waals surface area (Å²) in [7, 11) is 0. The maximum atomic E-state index is 6.04. The summed E-state index contributed by atoms with van der Waals surface area (Å²) in [5, 5.41) is 3.40. The minimum atomic E-state index is 0.362. The summed E-state index contributed by atoms with van der Waals surface area (Å²) in [6.07, 6.45) is 8.57. The fraction of sp³-hybridized carbons (Fsp3) is 0.706. The first-order valence-electron chi connectivity index (χ1n) is 8.02. The van der Waals surface area contributed by atoms with Gasteiger partial charge in [-0.3, -0.25) is 0 Å². The molecule has 0 aromatic carbocycles. The molecule has 1 aromatic heterocycles. The molecule has 1 N–H and O–H groups in total. The molecule has 1 aromatic rings. The van der Waals surface area contributed by atoms with Gasteiger partial charge in [0.25, 0.3) is 0 Å². The van der Waals surface area contributed by atoms with E-state index < -0.39 is 0 Å². The van der Waals surface area contributed by atoms with Crippen LogP contribution in [-0.2, 0) is 6.54 Å². The third-order valence-electron chi connectivity index (χ3n) is 4.11. The van der Waals surface area contributed by atoms with Crippen molar-refractivity contribution >= 4 is 0 Å². The van der Waals surface area contributed by atoms with Crippen molar-refractivity contribution in [3.8, 4) is 5.88 Å². The third kappa shape index (κ3) is 4.78. The smallest absolute Gasteiger partial charge is 0.213 e. The molecule has 0 bridgehead atoms. The predicted molar refractivity (Wildman–Crippen MR) is 82.9 cm³/mol. The maximum absolute atomic E-state index is 6.04. The lowest BCUT2D eigenvalue weighted by atomic mass is 9.85. The van der Waals surface area contributed by atoms with Crippen LogP contribution in [0.2, 0.25) is 0 Å². The number of ether oxygens (including phenoxy) is 1. The van der Waals surface area contributed by atoms with Crippen LogP contribution in [0.4, 0.5) is 0 Å². The summed E-state index contributed by atoms with van der Waals surface area (Å²) < 4.78 is 6.04. The molecule has 20 heavy (non-hydrogen) atoms. The van der Waals surface area contributed by atoms with E-state index in [1.54, 1.807) is 0 Å². The Bertz CT molecular complexity index is 388. The molecule has 1 aliphatic carbocycles. The highest BCUT2D eigenvalue weighted by Crippen LogP contribution is 2.29. The zero-order chi connectivity index (χ0) is 14.4. The lowest BCUT2D eigenvalue weighted by Crippen LogP contribution is -2.25. The molecule has 112 valence electrons. The van der Waals surface area contributed by atoms with Gasteiger partial charge in [0.1, 0.15) is 6.10 Å². The molecule has 3 heteroatoms. The minimum absolute atomic E-state index is 0.362. The first-order chi connectivity index (χ1) is 9.67. The lowest BCUT2D eigenvalue weighted by molar-refractivity contribution is 0.117. The molecule has 2 atom stereocenters. The van der Waals surface area contributed by atoms with E-state index in [0.717, 1.165) is 18.3 Å². The van der Waals surface area contributed by atoms with E-state index in [1.165, 1.54) is 37.7 Å². The molecule has 2 rings (SSSR count). The Labute approximate surface area is 123 Å². The van der Waals surface area contributed by atoms with E-state index in [4.69, 9.17) is 4.74 Å². The van der Waals surface area contributed by atoms with Crippen LogP contribution in [-0.4, -0.2) is 17.1 Å². The summed E-state index contributed by atoms with van der Waals surface area (Å²) in [5.74, 6) is 1.61. The number of aromatic nitrogens is 1. The Kier molecular flexibility index (Phi) is 5.84. The SMILES string of the molecule is CCC1CCCC(Oc2ccc(CNC(C)C)cn2)C1. The Morgan fingerprint density at radius 2 is 2.20 bits per heavy atom. The second-order valence-electron chi connectivity index (χ2n) is 6.22. The standard InChI is InChI=1S/C17H28N2O/c1-4-14-6-5-7-16(10-14)20-17-9-8-15(12-19-17)11-18-13(2)3/h8-9,12-14,16,18H,4-7,10-11H2,1-3H3. The predicted octanol–water partition coefficient (Wildman–Crippen LogP) is 3.93. The highest BCUT2D eigenvalue weighted by atomic mass is 16.5. The van der Waals surface area contributed by atoms with Gasteiger partial charge in [0.05, 0.1) is 0 Å². The van der Waals surface area contributed by atoms with E-state index in [9.17, 15) is 0 Å². The van der Waals surface area contributed by atoms with Gasteiger partial charge in [-0.05, 0) is 30.7 Å². The van der Waals surface area contributed by atoms with Gasteiger partial charge in [-0.15, -0.1) is 0 Å². The number of hydrogen-bond donors (Lipinski definition) is 1. The van der Waals surface area contributed by atoms with E-state index in [2.05, 4.69) is 37.1 Å². The maximum Gasteiger partial charge on any atom is 0.213 e. The van der Waals surface area contributed by atoms with Gasteiger partial charge in [0.15, 0.2) is 0 Å². The van der Waals surface area contributed by atoms with Crippen LogP contribution in [0.5, 0.6) is 5.88 Å². The zero-order valence-corrected chi connectivity index (χ0v) is 13.1. The molecule has 1 aliphatic rings. The Morgan fingerprint density at radius 3 is 2.85 bits per heavy atom. The zero-order valence-electron chi connectivity index (χ0n) is 13.1. The van der Waals surface area contributed by atoms with Crippen LogP contribution in [0, 0.1) is 5.92 Å². The highest BCUT2D eigenvalue weighted by Gasteiger charge is 2.22. The van der Waals surface area contributed by atoms with Crippen molar-refractivity contribution in [1.82, 2.24) is 10.3 Å². The van der Waals surface area contributed by atoms with E-state index in [-0.39, 0.29) is 0 Å². The molecular weight excluding hydrogens is 248 g/mol. The van der Waals surface area contributed by atoms with Gasteiger partial charge in [-0.25, -0.2) is 4.98 Å². The third-order valence-corrected chi connectivity index (χ3v) is 4.11. The van der Waals surface area contributed by atoms with Gasteiger partial charge < -0.3 is 10.1 Å².